The molecule has 2 nitrogen and oxygen atoms in total. The molecule has 4 heteroatoms. The number of amides is 1. The molecule has 2 aromatic heterocycles. The largest absolute Gasteiger partial charge is 0.325 e. The van der Waals surface area contributed by atoms with Crippen molar-refractivity contribution in [3.05, 3.63) is 39.2 Å². The normalized spacial score (nSPS) is 10.2. The monoisotopic (exact) mass is 251 g/mol. The molecule has 0 aromatic carbocycles. The smallest absolute Gasteiger partial charge is 0.224 e. The number of rotatable bonds is 5. The van der Waals surface area contributed by atoms with Gasteiger partial charge in [0.05, 0.1) is 5.69 Å². The first-order chi connectivity index (χ1) is 7.84. The van der Waals surface area contributed by atoms with Gasteiger partial charge >= 0.3 is 0 Å². The van der Waals surface area contributed by atoms with Crippen LogP contribution in [-0.2, 0) is 11.2 Å². The van der Waals surface area contributed by atoms with Gasteiger partial charge in [-0.3, -0.25) is 4.79 Å². The molecule has 1 amide bonds. The van der Waals surface area contributed by atoms with Gasteiger partial charge in [0.15, 0.2) is 0 Å². The molecule has 0 fully saturated rings. The van der Waals surface area contributed by atoms with Gasteiger partial charge in [0, 0.05) is 16.7 Å². The van der Waals surface area contributed by atoms with Gasteiger partial charge in [-0.15, -0.1) is 11.3 Å². The molecule has 0 radical (unpaired) electrons. The quantitative estimate of drug-likeness (QED) is 0.861. The molecule has 0 spiro atoms. The number of hydrogen-bond donors (Lipinski definition) is 1. The Morgan fingerprint density at radius 2 is 2.25 bits per heavy atom. The lowest BCUT2D eigenvalue weighted by molar-refractivity contribution is -0.116. The summed E-state index contributed by atoms with van der Waals surface area (Å²) < 4.78 is 0. The highest BCUT2D eigenvalue weighted by atomic mass is 32.1. The Morgan fingerprint density at radius 1 is 1.31 bits per heavy atom. The molecule has 84 valence electrons. The molecule has 0 aliphatic carbocycles. The molecule has 1 N–H and O–H groups in total. The van der Waals surface area contributed by atoms with Gasteiger partial charge in [-0.25, -0.2) is 0 Å². The van der Waals surface area contributed by atoms with E-state index in [2.05, 4.69) is 16.8 Å². The van der Waals surface area contributed by atoms with Gasteiger partial charge < -0.3 is 5.32 Å². The Hall–Kier alpha value is -1.13. The molecule has 0 bridgehead atoms. The fourth-order valence-corrected chi connectivity index (χ4v) is 2.78. The Balaban J connectivity index is 1.68. The maximum atomic E-state index is 11.5. The Kier molecular flexibility index (Phi) is 4.13. The fourth-order valence-electron chi connectivity index (χ4n) is 1.44. The van der Waals surface area contributed by atoms with Crippen molar-refractivity contribution in [1.82, 2.24) is 0 Å². The number of carbonyl (C=O) groups excluding carboxylic acids is 1. The Labute approximate surface area is 103 Å². The molecule has 0 saturated heterocycles. The third-order valence-corrected chi connectivity index (χ3v) is 3.83. The van der Waals surface area contributed by atoms with Crippen molar-refractivity contribution in [1.29, 1.82) is 0 Å². The van der Waals surface area contributed by atoms with Crippen molar-refractivity contribution in [3.8, 4) is 0 Å². The summed E-state index contributed by atoms with van der Waals surface area (Å²) in [7, 11) is 0. The molecule has 16 heavy (non-hydrogen) atoms. The average molecular weight is 251 g/mol. The van der Waals surface area contributed by atoms with Crippen molar-refractivity contribution >= 4 is 34.3 Å². The maximum Gasteiger partial charge on any atom is 0.224 e. The van der Waals surface area contributed by atoms with Crippen LogP contribution in [0.3, 0.4) is 0 Å². The van der Waals surface area contributed by atoms with Gasteiger partial charge in [0.1, 0.15) is 0 Å². The van der Waals surface area contributed by atoms with Crippen LogP contribution in [0.5, 0.6) is 0 Å². The summed E-state index contributed by atoms with van der Waals surface area (Å²) in [4.78, 5) is 12.9. The Morgan fingerprint density at radius 3 is 2.94 bits per heavy atom. The van der Waals surface area contributed by atoms with Crippen LogP contribution in [0.25, 0.3) is 0 Å². The molecule has 0 aliphatic heterocycles. The van der Waals surface area contributed by atoms with Gasteiger partial charge in [-0.2, -0.15) is 11.3 Å². The molecule has 0 unspecified atom stereocenters. The summed E-state index contributed by atoms with van der Waals surface area (Å²) in [5.74, 6) is 0.106. The third-order valence-electron chi connectivity index (χ3n) is 2.21. The zero-order valence-electron chi connectivity index (χ0n) is 8.81. The predicted molar refractivity (Wildman–Crippen MR) is 70.2 cm³/mol. The van der Waals surface area contributed by atoms with Crippen molar-refractivity contribution < 1.29 is 4.79 Å². The SMILES string of the molecule is O=C(CCCc1cccs1)Nc1ccsc1. The third kappa shape index (κ3) is 3.47. The number of carbonyl (C=O) groups is 1. The average Bonchev–Trinajstić information content (AvgIpc) is 2.90. The van der Waals surface area contributed by atoms with E-state index in [1.807, 2.05) is 22.9 Å². The minimum Gasteiger partial charge on any atom is -0.325 e. The first kappa shape index (κ1) is 11.4. The summed E-state index contributed by atoms with van der Waals surface area (Å²) in [6.07, 6.45) is 2.50. The van der Waals surface area contributed by atoms with E-state index in [4.69, 9.17) is 0 Å². The van der Waals surface area contributed by atoms with Crippen molar-refractivity contribution in [3.63, 3.8) is 0 Å². The first-order valence-electron chi connectivity index (χ1n) is 5.19. The summed E-state index contributed by atoms with van der Waals surface area (Å²) in [5, 5.41) is 8.85. The lowest BCUT2D eigenvalue weighted by Gasteiger charge is -2.01. The van der Waals surface area contributed by atoms with E-state index >= 15 is 0 Å². The molecule has 2 rings (SSSR count). The van der Waals surface area contributed by atoms with E-state index < -0.39 is 0 Å². The number of anilines is 1. The van der Waals surface area contributed by atoms with Crippen LogP contribution in [0.4, 0.5) is 5.69 Å². The zero-order chi connectivity index (χ0) is 11.2. The molecule has 2 aromatic rings. The maximum absolute atomic E-state index is 11.5. The van der Waals surface area contributed by atoms with E-state index in [0.717, 1.165) is 18.5 Å². The molecular weight excluding hydrogens is 238 g/mol. The van der Waals surface area contributed by atoms with Gasteiger partial charge in [0.2, 0.25) is 5.91 Å². The van der Waals surface area contributed by atoms with E-state index in [-0.39, 0.29) is 5.91 Å². The van der Waals surface area contributed by atoms with Gasteiger partial charge in [-0.1, -0.05) is 6.07 Å². The van der Waals surface area contributed by atoms with Crippen LogP contribution in [0.1, 0.15) is 17.7 Å². The summed E-state index contributed by atoms with van der Waals surface area (Å²) in [6, 6.07) is 6.08. The second-order valence-electron chi connectivity index (χ2n) is 3.49. The van der Waals surface area contributed by atoms with E-state index in [0.29, 0.717) is 6.42 Å². The minimum atomic E-state index is 0.106. The second-order valence-corrected chi connectivity index (χ2v) is 5.31. The lowest BCUT2D eigenvalue weighted by Crippen LogP contribution is -2.10. The lowest BCUT2D eigenvalue weighted by atomic mass is 10.2. The molecular formula is C12H13NOS2. The summed E-state index contributed by atoms with van der Waals surface area (Å²) in [5.41, 5.74) is 0.908. The number of aryl methyl sites for hydroxylation is 1. The van der Waals surface area contributed by atoms with Crippen LogP contribution < -0.4 is 5.32 Å². The molecule has 2 heterocycles. The number of hydrogen-bond acceptors (Lipinski definition) is 3. The van der Waals surface area contributed by atoms with E-state index in [1.54, 1.807) is 22.7 Å². The van der Waals surface area contributed by atoms with Crippen LogP contribution in [0.15, 0.2) is 34.3 Å². The van der Waals surface area contributed by atoms with Crippen LogP contribution in [-0.4, -0.2) is 5.91 Å². The summed E-state index contributed by atoms with van der Waals surface area (Å²) >= 11 is 3.34. The van der Waals surface area contributed by atoms with Crippen LogP contribution in [0.2, 0.25) is 0 Å². The highest BCUT2D eigenvalue weighted by Gasteiger charge is 2.02. The van der Waals surface area contributed by atoms with Crippen LogP contribution in [0, 0.1) is 0 Å². The Bertz CT molecular complexity index is 420. The molecule has 0 saturated carbocycles. The summed E-state index contributed by atoms with van der Waals surface area (Å²) in [6.45, 7) is 0. The first-order valence-corrected chi connectivity index (χ1v) is 7.01. The molecule has 0 aliphatic rings. The molecule has 0 atom stereocenters. The number of thiophene rings is 2. The fraction of sp³-hybridized carbons (Fsp3) is 0.250. The van der Waals surface area contributed by atoms with Crippen molar-refractivity contribution in [2.75, 3.05) is 5.32 Å². The standard InChI is InChI=1S/C12H13NOS2/c14-12(13-10-6-8-15-9-10)5-1-3-11-4-2-7-16-11/h2,4,6-9H,1,3,5H2,(H,13,14). The van der Waals surface area contributed by atoms with E-state index in [1.165, 1.54) is 4.88 Å². The van der Waals surface area contributed by atoms with Crippen LogP contribution >= 0.6 is 22.7 Å². The van der Waals surface area contributed by atoms with Gasteiger partial charge in [-0.05, 0) is 35.7 Å². The topological polar surface area (TPSA) is 29.1 Å². The minimum absolute atomic E-state index is 0.106. The number of nitrogens with one attached hydrogen (secondary N) is 1. The van der Waals surface area contributed by atoms with Crippen molar-refractivity contribution in [2.45, 2.75) is 19.3 Å². The van der Waals surface area contributed by atoms with Gasteiger partial charge in [0.25, 0.3) is 0 Å². The highest BCUT2D eigenvalue weighted by molar-refractivity contribution is 7.09. The van der Waals surface area contributed by atoms with Crippen molar-refractivity contribution in [2.24, 2.45) is 0 Å². The van der Waals surface area contributed by atoms with E-state index in [9.17, 15) is 4.79 Å². The second kappa shape index (κ2) is 5.82. The highest BCUT2D eigenvalue weighted by Crippen LogP contribution is 2.14. The predicted octanol–water partition coefficient (Wildman–Crippen LogP) is 3.77. The zero-order valence-corrected chi connectivity index (χ0v) is 10.4.